The average molecular weight is 291 g/mol. The summed E-state index contributed by atoms with van der Waals surface area (Å²) in [5.74, 6) is 1.19. The van der Waals surface area contributed by atoms with Crippen LogP contribution < -0.4 is 10.1 Å². The van der Waals surface area contributed by atoms with Gasteiger partial charge in [-0.25, -0.2) is 4.98 Å². The fourth-order valence-electron chi connectivity index (χ4n) is 2.72. The third-order valence-corrected chi connectivity index (χ3v) is 3.96. The van der Waals surface area contributed by atoms with Gasteiger partial charge in [0.05, 0.1) is 0 Å². The Labute approximate surface area is 128 Å². The fraction of sp³-hybridized carbons (Fsp3) is 0.706. The first-order chi connectivity index (χ1) is 10.2. The molecule has 0 radical (unpaired) electrons. The highest BCUT2D eigenvalue weighted by atomic mass is 16.5. The van der Waals surface area contributed by atoms with Gasteiger partial charge in [-0.1, -0.05) is 20.3 Å². The quantitative estimate of drug-likeness (QED) is 0.838. The number of nitrogens with one attached hydrogen (secondary N) is 1. The SMILES string of the molecule is CNCc1cc(OCCN2CCCCC2)nc(C(C)C)c1. The van der Waals surface area contributed by atoms with Crippen molar-refractivity contribution in [2.45, 2.75) is 45.6 Å². The van der Waals surface area contributed by atoms with E-state index in [9.17, 15) is 0 Å². The highest BCUT2D eigenvalue weighted by Gasteiger charge is 2.11. The predicted octanol–water partition coefficient (Wildman–Crippen LogP) is 2.79. The van der Waals surface area contributed by atoms with Crippen LogP contribution >= 0.6 is 0 Å². The van der Waals surface area contributed by atoms with Gasteiger partial charge in [0, 0.05) is 24.8 Å². The molecule has 1 aliphatic rings. The molecule has 0 atom stereocenters. The average Bonchev–Trinajstić information content (AvgIpc) is 2.48. The van der Waals surface area contributed by atoms with E-state index in [1.165, 1.54) is 37.9 Å². The van der Waals surface area contributed by atoms with Crippen molar-refractivity contribution in [3.63, 3.8) is 0 Å². The zero-order valence-electron chi connectivity index (χ0n) is 13.7. The topological polar surface area (TPSA) is 37.4 Å². The van der Waals surface area contributed by atoms with Crippen molar-refractivity contribution >= 4 is 0 Å². The zero-order chi connectivity index (χ0) is 15.1. The Hall–Kier alpha value is -1.13. The minimum Gasteiger partial charge on any atom is -0.476 e. The molecule has 1 N–H and O–H groups in total. The fourth-order valence-corrected chi connectivity index (χ4v) is 2.72. The van der Waals surface area contributed by atoms with E-state index < -0.39 is 0 Å². The Morgan fingerprint density at radius 3 is 2.67 bits per heavy atom. The molecule has 2 heterocycles. The second-order valence-corrected chi connectivity index (χ2v) is 6.17. The number of likely N-dealkylation sites (tertiary alicyclic amines) is 1. The molecule has 0 aromatic carbocycles. The molecule has 0 bridgehead atoms. The molecule has 1 saturated heterocycles. The van der Waals surface area contributed by atoms with Crippen molar-refractivity contribution < 1.29 is 4.74 Å². The molecule has 4 heteroatoms. The van der Waals surface area contributed by atoms with Crippen molar-refractivity contribution in [1.29, 1.82) is 0 Å². The van der Waals surface area contributed by atoms with Gasteiger partial charge < -0.3 is 10.1 Å². The number of hydrogen-bond donors (Lipinski definition) is 1. The van der Waals surface area contributed by atoms with Gasteiger partial charge in [0.15, 0.2) is 0 Å². The normalized spacial score (nSPS) is 16.4. The Bertz CT molecular complexity index is 428. The lowest BCUT2D eigenvalue weighted by Crippen LogP contribution is -2.33. The molecule has 2 rings (SSSR count). The van der Waals surface area contributed by atoms with Gasteiger partial charge in [-0.3, -0.25) is 4.90 Å². The van der Waals surface area contributed by atoms with E-state index >= 15 is 0 Å². The summed E-state index contributed by atoms with van der Waals surface area (Å²) in [6.45, 7) is 9.36. The molecule has 0 aliphatic carbocycles. The molecule has 0 saturated carbocycles. The largest absolute Gasteiger partial charge is 0.476 e. The van der Waals surface area contributed by atoms with Gasteiger partial charge in [-0.15, -0.1) is 0 Å². The molecular formula is C17H29N3O. The summed E-state index contributed by atoms with van der Waals surface area (Å²) in [6.07, 6.45) is 4.03. The molecule has 118 valence electrons. The lowest BCUT2D eigenvalue weighted by molar-refractivity contribution is 0.180. The standard InChI is InChI=1S/C17H29N3O/c1-14(2)16-11-15(13-18-3)12-17(19-16)21-10-9-20-7-5-4-6-8-20/h11-12,14,18H,4-10,13H2,1-3H3. The lowest BCUT2D eigenvalue weighted by atomic mass is 10.1. The van der Waals surface area contributed by atoms with E-state index in [2.05, 4.69) is 41.2 Å². The summed E-state index contributed by atoms with van der Waals surface area (Å²) < 4.78 is 5.91. The van der Waals surface area contributed by atoms with E-state index in [1.807, 2.05) is 7.05 Å². The molecule has 1 aromatic heterocycles. The van der Waals surface area contributed by atoms with Gasteiger partial charge >= 0.3 is 0 Å². The summed E-state index contributed by atoms with van der Waals surface area (Å²) >= 11 is 0. The van der Waals surface area contributed by atoms with Gasteiger partial charge in [-0.05, 0) is 50.5 Å². The summed E-state index contributed by atoms with van der Waals surface area (Å²) in [7, 11) is 1.96. The Balaban J connectivity index is 1.91. The first-order valence-corrected chi connectivity index (χ1v) is 8.19. The predicted molar refractivity (Wildman–Crippen MR) is 86.9 cm³/mol. The maximum Gasteiger partial charge on any atom is 0.213 e. The van der Waals surface area contributed by atoms with Crippen LogP contribution in [0.5, 0.6) is 5.88 Å². The molecule has 1 fully saturated rings. The van der Waals surface area contributed by atoms with Crippen molar-refractivity contribution in [2.75, 3.05) is 33.3 Å². The van der Waals surface area contributed by atoms with Gasteiger partial charge in [0.25, 0.3) is 0 Å². The van der Waals surface area contributed by atoms with Crippen LogP contribution in [0, 0.1) is 0 Å². The molecular weight excluding hydrogens is 262 g/mol. The third kappa shape index (κ3) is 5.29. The van der Waals surface area contributed by atoms with E-state index in [4.69, 9.17) is 4.74 Å². The summed E-state index contributed by atoms with van der Waals surface area (Å²) in [6, 6.07) is 4.22. The maximum atomic E-state index is 5.91. The van der Waals surface area contributed by atoms with Crippen molar-refractivity contribution in [3.8, 4) is 5.88 Å². The first-order valence-electron chi connectivity index (χ1n) is 8.19. The second-order valence-electron chi connectivity index (χ2n) is 6.17. The minimum atomic E-state index is 0.422. The molecule has 1 aromatic rings. The number of hydrogen-bond acceptors (Lipinski definition) is 4. The first kappa shape index (κ1) is 16.2. The van der Waals surface area contributed by atoms with Crippen LogP contribution in [0.3, 0.4) is 0 Å². The molecule has 0 unspecified atom stereocenters. The third-order valence-electron chi connectivity index (χ3n) is 3.96. The van der Waals surface area contributed by atoms with Crippen LogP contribution in [0.15, 0.2) is 12.1 Å². The van der Waals surface area contributed by atoms with Crippen LogP contribution in [0.2, 0.25) is 0 Å². The van der Waals surface area contributed by atoms with Crippen molar-refractivity contribution in [2.24, 2.45) is 0 Å². The highest BCUT2D eigenvalue weighted by Crippen LogP contribution is 2.19. The molecule has 0 amide bonds. The molecule has 4 nitrogen and oxygen atoms in total. The van der Waals surface area contributed by atoms with Crippen molar-refractivity contribution in [1.82, 2.24) is 15.2 Å². The smallest absolute Gasteiger partial charge is 0.213 e. The Kier molecular flexibility index (Phi) is 6.46. The van der Waals surface area contributed by atoms with E-state index in [0.29, 0.717) is 5.92 Å². The second kappa shape index (κ2) is 8.35. The number of ether oxygens (including phenoxy) is 1. The Morgan fingerprint density at radius 1 is 1.24 bits per heavy atom. The molecule has 21 heavy (non-hydrogen) atoms. The van der Waals surface area contributed by atoms with Gasteiger partial charge in [0.2, 0.25) is 5.88 Å². The van der Waals surface area contributed by atoms with Gasteiger partial charge in [0.1, 0.15) is 6.61 Å². The van der Waals surface area contributed by atoms with Crippen LogP contribution in [-0.2, 0) is 6.54 Å². The number of aromatic nitrogens is 1. The van der Waals surface area contributed by atoms with Crippen LogP contribution in [-0.4, -0.2) is 43.2 Å². The van der Waals surface area contributed by atoms with Crippen LogP contribution in [0.25, 0.3) is 0 Å². The summed E-state index contributed by atoms with van der Waals surface area (Å²) in [5.41, 5.74) is 2.35. The van der Waals surface area contributed by atoms with Crippen LogP contribution in [0.1, 0.15) is 50.3 Å². The summed E-state index contributed by atoms with van der Waals surface area (Å²) in [5, 5.41) is 3.19. The molecule has 1 aliphatic heterocycles. The zero-order valence-corrected chi connectivity index (χ0v) is 13.7. The van der Waals surface area contributed by atoms with E-state index in [1.54, 1.807) is 0 Å². The van der Waals surface area contributed by atoms with Crippen molar-refractivity contribution in [3.05, 3.63) is 23.4 Å². The monoisotopic (exact) mass is 291 g/mol. The van der Waals surface area contributed by atoms with E-state index in [0.717, 1.165) is 31.3 Å². The minimum absolute atomic E-state index is 0.422. The van der Waals surface area contributed by atoms with Gasteiger partial charge in [-0.2, -0.15) is 0 Å². The lowest BCUT2D eigenvalue weighted by Gasteiger charge is -2.26. The summed E-state index contributed by atoms with van der Waals surface area (Å²) in [4.78, 5) is 7.12. The maximum absolute atomic E-state index is 5.91. The van der Waals surface area contributed by atoms with E-state index in [-0.39, 0.29) is 0 Å². The highest BCUT2D eigenvalue weighted by molar-refractivity contribution is 5.26. The number of rotatable bonds is 7. The molecule has 0 spiro atoms. The number of nitrogens with zero attached hydrogens (tertiary/aromatic N) is 2. The van der Waals surface area contributed by atoms with Crippen LogP contribution in [0.4, 0.5) is 0 Å². The Morgan fingerprint density at radius 2 is 2.00 bits per heavy atom. The number of pyridine rings is 1. The number of piperidine rings is 1.